The first-order chi connectivity index (χ1) is 13.9. The Morgan fingerprint density at radius 1 is 0.793 bits per heavy atom. The van der Waals surface area contributed by atoms with Gasteiger partial charge in [0.25, 0.3) is 5.91 Å². The number of aliphatic carboxylic acids is 1. The van der Waals surface area contributed by atoms with E-state index in [9.17, 15) is 19.5 Å². The number of rotatable bonds is 7. The third-order valence-corrected chi connectivity index (χ3v) is 4.65. The molecule has 0 bridgehead atoms. The van der Waals surface area contributed by atoms with Crippen molar-refractivity contribution in [1.29, 1.82) is 0 Å². The molecule has 0 unspecified atom stereocenters. The SMILES string of the molecule is O=C(N[C@H](Cc1ccc(C(=O)c2ccccc2)cc1)C(=O)O)c1ccc(Cl)cc1. The minimum absolute atomic E-state index is 0.0917. The summed E-state index contributed by atoms with van der Waals surface area (Å²) in [5, 5.41) is 12.5. The number of nitrogens with one attached hydrogen (secondary N) is 1. The topological polar surface area (TPSA) is 83.5 Å². The second kappa shape index (κ2) is 9.17. The van der Waals surface area contributed by atoms with Gasteiger partial charge in [-0.1, -0.05) is 66.2 Å². The summed E-state index contributed by atoms with van der Waals surface area (Å²) in [6.07, 6.45) is 0.0917. The average Bonchev–Trinajstić information content (AvgIpc) is 2.74. The van der Waals surface area contributed by atoms with Gasteiger partial charge in [0.2, 0.25) is 0 Å². The van der Waals surface area contributed by atoms with Gasteiger partial charge in [0.15, 0.2) is 5.78 Å². The predicted octanol–water partition coefficient (Wildman–Crippen LogP) is 4.00. The molecule has 2 N–H and O–H groups in total. The maximum absolute atomic E-state index is 12.5. The minimum Gasteiger partial charge on any atom is -0.480 e. The Morgan fingerprint density at radius 3 is 1.93 bits per heavy atom. The summed E-state index contributed by atoms with van der Waals surface area (Å²) in [6, 6.07) is 20.7. The van der Waals surface area contributed by atoms with E-state index in [1.54, 1.807) is 60.7 Å². The highest BCUT2D eigenvalue weighted by atomic mass is 35.5. The molecular formula is C23H18ClNO4. The quantitative estimate of drug-likeness (QED) is 0.580. The van der Waals surface area contributed by atoms with E-state index in [4.69, 9.17) is 11.6 Å². The summed E-state index contributed by atoms with van der Waals surface area (Å²) in [6.45, 7) is 0. The molecule has 0 saturated carbocycles. The first kappa shape index (κ1) is 20.3. The standard InChI is InChI=1S/C23H18ClNO4/c24-19-12-10-18(11-13-19)22(27)25-20(23(28)29)14-15-6-8-17(9-7-15)21(26)16-4-2-1-3-5-16/h1-13,20H,14H2,(H,25,27)(H,28,29)/t20-/m1/s1. The molecule has 0 aliphatic carbocycles. The number of carbonyl (C=O) groups is 3. The molecule has 29 heavy (non-hydrogen) atoms. The zero-order valence-corrected chi connectivity index (χ0v) is 16.1. The molecule has 0 aliphatic heterocycles. The van der Waals surface area contributed by atoms with E-state index in [1.807, 2.05) is 6.07 Å². The monoisotopic (exact) mass is 407 g/mol. The summed E-state index contributed by atoms with van der Waals surface area (Å²) < 4.78 is 0. The fourth-order valence-electron chi connectivity index (χ4n) is 2.83. The number of carbonyl (C=O) groups excluding carboxylic acids is 2. The second-order valence-corrected chi connectivity index (χ2v) is 6.90. The number of ketones is 1. The number of hydrogen-bond donors (Lipinski definition) is 2. The summed E-state index contributed by atoms with van der Waals surface area (Å²) in [5.41, 5.74) is 2.11. The average molecular weight is 408 g/mol. The summed E-state index contributed by atoms with van der Waals surface area (Å²) in [4.78, 5) is 36.3. The lowest BCUT2D eigenvalue weighted by atomic mass is 9.99. The number of hydrogen-bond acceptors (Lipinski definition) is 3. The number of carboxylic acids is 1. The highest BCUT2D eigenvalue weighted by Crippen LogP contribution is 2.13. The van der Waals surface area contributed by atoms with Gasteiger partial charge in [-0.2, -0.15) is 0 Å². The molecule has 0 aliphatic rings. The van der Waals surface area contributed by atoms with Crippen molar-refractivity contribution in [1.82, 2.24) is 5.32 Å². The van der Waals surface area contributed by atoms with E-state index in [1.165, 1.54) is 12.1 Å². The van der Waals surface area contributed by atoms with Gasteiger partial charge in [-0.05, 0) is 29.8 Å². The zero-order chi connectivity index (χ0) is 20.8. The van der Waals surface area contributed by atoms with Crippen molar-refractivity contribution in [3.8, 4) is 0 Å². The normalized spacial score (nSPS) is 11.5. The molecule has 0 fully saturated rings. The lowest BCUT2D eigenvalue weighted by Gasteiger charge is -2.15. The van der Waals surface area contributed by atoms with Gasteiger partial charge < -0.3 is 10.4 Å². The third kappa shape index (κ3) is 5.30. The van der Waals surface area contributed by atoms with Crippen LogP contribution in [0.2, 0.25) is 5.02 Å². The fourth-order valence-corrected chi connectivity index (χ4v) is 2.95. The van der Waals surface area contributed by atoms with Crippen molar-refractivity contribution in [3.63, 3.8) is 0 Å². The van der Waals surface area contributed by atoms with E-state index in [0.717, 1.165) is 0 Å². The summed E-state index contributed by atoms with van der Waals surface area (Å²) in [5.74, 6) is -1.75. The van der Waals surface area contributed by atoms with Crippen LogP contribution < -0.4 is 5.32 Å². The largest absolute Gasteiger partial charge is 0.480 e. The number of amides is 1. The van der Waals surface area contributed by atoms with Crippen LogP contribution in [-0.2, 0) is 11.2 Å². The van der Waals surface area contributed by atoms with Gasteiger partial charge in [-0.15, -0.1) is 0 Å². The Balaban J connectivity index is 1.69. The first-order valence-corrected chi connectivity index (χ1v) is 9.30. The Morgan fingerprint density at radius 2 is 1.34 bits per heavy atom. The van der Waals surface area contributed by atoms with E-state index in [0.29, 0.717) is 27.3 Å². The van der Waals surface area contributed by atoms with Crippen LogP contribution in [0.25, 0.3) is 0 Å². The molecule has 0 spiro atoms. The van der Waals surface area contributed by atoms with Gasteiger partial charge in [-0.25, -0.2) is 4.79 Å². The zero-order valence-electron chi connectivity index (χ0n) is 15.3. The minimum atomic E-state index is -1.14. The van der Waals surface area contributed by atoms with Gasteiger partial charge in [-0.3, -0.25) is 9.59 Å². The molecule has 146 valence electrons. The predicted molar refractivity (Wildman–Crippen MR) is 110 cm³/mol. The Kier molecular flexibility index (Phi) is 6.42. The molecule has 1 amide bonds. The van der Waals surface area contributed by atoms with Crippen molar-refractivity contribution >= 4 is 29.3 Å². The van der Waals surface area contributed by atoms with Crippen LogP contribution in [-0.4, -0.2) is 28.8 Å². The Bertz CT molecular complexity index is 1020. The molecular weight excluding hydrogens is 390 g/mol. The fraction of sp³-hybridized carbons (Fsp3) is 0.0870. The Hall–Kier alpha value is -3.44. The van der Waals surface area contributed by atoms with Crippen molar-refractivity contribution in [3.05, 3.63) is 106 Å². The molecule has 6 heteroatoms. The second-order valence-electron chi connectivity index (χ2n) is 6.47. The van der Waals surface area contributed by atoms with Crippen molar-refractivity contribution in [2.75, 3.05) is 0 Å². The third-order valence-electron chi connectivity index (χ3n) is 4.40. The van der Waals surface area contributed by atoms with Gasteiger partial charge in [0.1, 0.15) is 6.04 Å². The van der Waals surface area contributed by atoms with Gasteiger partial charge >= 0.3 is 5.97 Å². The Labute approximate surface area is 173 Å². The van der Waals surface area contributed by atoms with Crippen molar-refractivity contribution in [2.24, 2.45) is 0 Å². The van der Waals surface area contributed by atoms with Crippen LogP contribution in [0.1, 0.15) is 31.8 Å². The lowest BCUT2D eigenvalue weighted by molar-refractivity contribution is -0.139. The molecule has 0 radical (unpaired) electrons. The molecule has 0 heterocycles. The molecule has 5 nitrogen and oxygen atoms in total. The van der Waals surface area contributed by atoms with Crippen LogP contribution in [0.5, 0.6) is 0 Å². The lowest BCUT2D eigenvalue weighted by Crippen LogP contribution is -2.42. The van der Waals surface area contributed by atoms with E-state index in [2.05, 4.69) is 5.32 Å². The molecule has 3 rings (SSSR count). The maximum Gasteiger partial charge on any atom is 0.326 e. The summed E-state index contributed by atoms with van der Waals surface area (Å²) >= 11 is 5.80. The van der Waals surface area contributed by atoms with Crippen LogP contribution >= 0.6 is 11.6 Å². The number of benzene rings is 3. The molecule has 1 atom stereocenters. The van der Waals surface area contributed by atoms with Crippen LogP contribution in [0.3, 0.4) is 0 Å². The van der Waals surface area contributed by atoms with Crippen molar-refractivity contribution < 1.29 is 19.5 Å². The highest BCUT2D eigenvalue weighted by molar-refractivity contribution is 6.30. The first-order valence-electron chi connectivity index (χ1n) is 8.92. The van der Waals surface area contributed by atoms with Crippen LogP contribution in [0.4, 0.5) is 0 Å². The van der Waals surface area contributed by atoms with Gasteiger partial charge in [0.05, 0.1) is 0 Å². The van der Waals surface area contributed by atoms with E-state index >= 15 is 0 Å². The van der Waals surface area contributed by atoms with E-state index < -0.39 is 17.9 Å². The van der Waals surface area contributed by atoms with E-state index in [-0.39, 0.29) is 12.2 Å². The van der Waals surface area contributed by atoms with Crippen LogP contribution in [0, 0.1) is 0 Å². The summed E-state index contributed by atoms with van der Waals surface area (Å²) in [7, 11) is 0. The van der Waals surface area contributed by atoms with Crippen molar-refractivity contribution in [2.45, 2.75) is 12.5 Å². The molecule has 0 aromatic heterocycles. The highest BCUT2D eigenvalue weighted by Gasteiger charge is 2.21. The van der Waals surface area contributed by atoms with Gasteiger partial charge in [0, 0.05) is 28.1 Å². The number of halogens is 1. The maximum atomic E-state index is 12.5. The smallest absolute Gasteiger partial charge is 0.326 e. The molecule has 3 aromatic rings. The number of carboxylic acid groups (broad SMARTS) is 1. The molecule has 0 saturated heterocycles. The molecule has 3 aromatic carbocycles. The van der Waals surface area contributed by atoms with Crippen LogP contribution in [0.15, 0.2) is 78.9 Å².